The summed E-state index contributed by atoms with van der Waals surface area (Å²) in [7, 11) is 1.95. The number of amides is 1. The maximum atomic E-state index is 12.6. The molecule has 2 rings (SSSR count). The van der Waals surface area contributed by atoms with Crippen LogP contribution in [0.5, 0.6) is 0 Å². The highest BCUT2D eigenvalue weighted by molar-refractivity contribution is 7.18. The molecule has 156 valence electrons. The largest absolute Gasteiger partial charge is 0.462 e. The number of carbonyl (C=O) groups excluding carboxylic acids is 3. The molecule has 1 N–H and O–H groups in total. The molecule has 0 bridgehead atoms. The monoisotopic (exact) mass is 410 g/mol. The molecule has 1 aromatic rings. The predicted molar refractivity (Wildman–Crippen MR) is 109 cm³/mol. The van der Waals surface area contributed by atoms with Crippen LogP contribution in [0.15, 0.2) is 0 Å². The number of rotatable bonds is 8. The molecule has 28 heavy (non-hydrogen) atoms. The number of nitrogens with zero attached hydrogens (tertiary/aromatic N) is 1. The number of ether oxygens (including phenoxy) is 2. The van der Waals surface area contributed by atoms with Crippen molar-refractivity contribution in [3.8, 4) is 0 Å². The van der Waals surface area contributed by atoms with Crippen LogP contribution in [0.2, 0.25) is 0 Å². The number of thiophene rings is 1. The molecule has 0 aliphatic heterocycles. The lowest BCUT2D eigenvalue weighted by Gasteiger charge is -2.30. The zero-order valence-corrected chi connectivity index (χ0v) is 17.9. The van der Waals surface area contributed by atoms with Gasteiger partial charge in [0.1, 0.15) is 9.88 Å². The lowest BCUT2D eigenvalue weighted by Crippen LogP contribution is -2.39. The van der Waals surface area contributed by atoms with Crippen molar-refractivity contribution in [3.63, 3.8) is 0 Å². The van der Waals surface area contributed by atoms with Crippen molar-refractivity contribution in [1.29, 1.82) is 0 Å². The number of esters is 2. The van der Waals surface area contributed by atoms with Gasteiger partial charge in [-0.2, -0.15) is 0 Å². The van der Waals surface area contributed by atoms with Crippen LogP contribution >= 0.6 is 11.3 Å². The Labute approximate surface area is 170 Å². The summed E-state index contributed by atoms with van der Waals surface area (Å²) in [5, 5.41) is 3.14. The summed E-state index contributed by atoms with van der Waals surface area (Å²) in [4.78, 5) is 39.6. The summed E-state index contributed by atoms with van der Waals surface area (Å²) in [6, 6.07) is 0.407. The Kier molecular flexibility index (Phi) is 8.44. The van der Waals surface area contributed by atoms with E-state index in [1.807, 2.05) is 7.05 Å². The molecule has 0 atom stereocenters. The van der Waals surface area contributed by atoms with Gasteiger partial charge in [0.05, 0.1) is 25.3 Å². The zero-order valence-electron chi connectivity index (χ0n) is 17.1. The van der Waals surface area contributed by atoms with E-state index in [4.69, 9.17) is 9.47 Å². The van der Waals surface area contributed by atoms with E-state index in [9.17, 15) is 14.4 Å². The second kappa shape index (κ2) is 10.6. The van der Waals surface area contributed by atoms with Crippen LogP contribution in [-0.2, 0) is 14.3 Å². The van der Waals surface area contributed by atoms with Gasteiger partial charge in [-0.1, -0.05) is 19.3 Å². The van der Waals surface area contributed by atoms with Gasteiger partial charge in [-0.25, -0.2) is 9.59 Å². The summed E-state index contributed by atoms with van der Waals surface area (Å²) < 4.78 is 10.2. The van der Waals surface area contributed by atoms with Crippen LogP contribution in [0, 0.1) is 6.92 Å². The number of hydrogen-bond donors (Lipinski definition) is 1. The fourth-order valence-corrected chi connectivity index (χ4v) is 4.59. The highest BCUT2D eigenvalue weighted by Crippen LogP contribution is 2.34. The molecule has 1 saturated carbocycles. The highest BCUT2D eigenvalue weighted by atomic mass is 32.1. The fourth-order valence-electron chi connectivity index (χ4n) is 3.49. The molecule has 0 radical (unpaired) electrons. The van der Waals surface area contributed by atoms with Crippen LogP contribution < -0.4 is 5.32 Å². The minimum Gasteiger partial charge on any atom is -0.462 e. The first-order valence-electron chi connectivity index (χ1n) is 9.86. The van der Waals surface area contributed by atoms with Crippen molar-refractivity contribution in [2.45, 2.75) is 58.9 Å². The maximum Gasteiger partial charge on any atom is 0.348 e. The van der Waals surface area contributed by atoms with Crippen molar-refractivity contribution >= 4 is 34.2 Å². The Balaban J connectivity index is 2.17. The van der Waals surface area contributed by atoms with Gasteiger partial charge in [-0.3, -0.25) is 9.69 Å². The molecule has 0 saturated heterocycles. The van der Waals surface area contributed by atoms with Crippen molar-refractivity contribution in [3.05, 3.63) is 16.0 Å². The zero-order chi connectivity index (χ0) is 20.7. The Morgan fingerprint density at radius 2 is 1.68 bits per heavy atom. The predicted octanol–water partition coefficient (Wildman–Crippen LogP) is 3.61. The van der Waals surface area contributed by atoms with Crippen molar-refractivity contribution in [1.82, 2.24) is 4.90 Å². The molecule has 1 aliphatic rings. The van der Waals surface area contributed by atoms with Crippen molar-refractivity contribution in [2.75, 3.05) is 32.1 Å². The molecule has 1 fully saturated rings. The molecule has 8 heteroatoms. The number of anilines is 1. The molecule has 0 spiro atoms. The summed E-state index contributed by atoms with van der Waals surface area (Å²) in [6.45, 7) is 5.77. The standard InChI is InChI=1S/C20H30N2O5S/c1-5-26-19(24)16-13(3)17(20(25)27-6-2)28-18(16)21-15(23)12-22(4)14-10-8-7-9-11-14/h14H,5-12H2,1-4H3,(H,21,23). The maximum absolute atomic E-state index is 12.6. The van der Waals surface area contributed by atoms with Gasteiger partial charge in [-0.05, 0) is 46.2 Å². The summed E-state index contributed by atoms with van der Waals surface area (Å²) in [5.41, 5.74) is 0.696. The first-order valence-corrected chi connectivity index (χ1v) is 10.7. The molecule has 1 aromatic heterocycles. The van der Waals surface area contributed by atoms with Crippen molar-refractivity contribution < 1.29 is 23.9 Å². The smallest absolute Gasteiger partial charge is 0.348 e. The Morgan fingerprint density at radius 1 is 1.07 bits per heavy atom. The Bertz CT molecular complexity index is 710. The Morgan fingerprint density at radius 3 is 2.29 bits per heavy atom. The van der Waals surface area contributed by atoms with E-state index in [0.29, 0.717) is 21.5 Å². The van der Waals surface area contributed by atoms with Gasteiger partial charge in [0.25, 0.3) is 0 Å². The minimum absolute atomic E-state index is 0.209. The number of likely N-dealkylation sites (N-methyl/N-ethyl adjacent to an activating group) is 1. The lowest BCUT2D eigenvalue weighted by molar-refractivity contribution is -0.117. The molecular weight excluding hydrogens is 380 g/mol. The van der Waals surface area contributed by atoms with E-state index in [1.54, 1.807) is 20.8 Å². The molecule has 0 unspecified atom stereocenters. The van der Waals surface area contributed by atoms with Gasteiger partial charge < -0.3 is 14.8 Å². The number of carbonyl (C=O) groups is 3. The van der Waals surface area contributed by atoms with Crippen LogP contribution in [0.25, 0.3) is 0 Å². The van der Waals surface area contributed by atoms with Crippen LogP contribution in [0.1, 0.15) is 71.5 Å². The highest BCUT2D eigenvalue weighted by Gasteiger charge is 2.28. The average Bonchev–Trinajstić information content (AvgIpc) is 2.98. The van der Waals surface area contributed by atoms with Gasteiger partial charge in [0, 0.05) is 6.04 Å². The summed E-state index contributed by atoms with van der Waals surface area (Å²) >= 11 is 1.05. The second-order valence-corrected chi connectivity index (χ2v) is 7.98. The average molecular weight is 411 g/mol. The van der Waals surface area contributed by atoms with E-state index in [0.717, 1.165) is 24.2 Å². The quantitative estimate of drug-likeness (QED) is 0.659. The lowest BCUT2D eigenvalue weighted by atomic mass is 9.94. The van der Waals surface area contributed by atoms with Gasteiger partial charge in [-0.15, -0.1) is 11.3 Å². The summed E-state index contributed by atoms with van der Waals surface area (Å²) in [6.07, 6.45) is 5.84. The first kappa shape index (κ1) is 22.4. The van der Waals surface area contributed by atoms with E-state index in [2.05, 4.69) is 10.2 Å². The molecular formula is C20H30N2O5S. The van der Waals surface area contributed by atoms with Crippen molar-refractivity contribution in [2.24, 2.45) is 0 Å². The van der Waals surface area contributed by atoms with E-state index >= 15 is 0 Å². The third-order valence-electron chi connectivity index (χ3n) is 4.93. The van der Waals surface area contributed by atoms with Crippen LogP contribution in [-0.4, -0.2) is 55.6 Å². The molecule has 1 amide bonds. The third-order valence-corrected chi connectivity index (χ3v) is 6.12. The Hall–Kier alpha value is -1.93. The number of nitrogens with one attached hydrogen (secondary N) is 1. The van der Waals surface area contributed by atoms with E-state index < -0.39 is 11.9 Å². The normalized spacial score (nSPS) is 14.8. The first-order chi connectivity index (χ1) is 13.4. The fraction of sp³-hybridized carbons (Fsp3) is 0.650. The van der Waals surface area contributed by atoms with Gasteiger partial charge >= 0.3 is 11.9 Å². The van der Waals surface area contributed by atoms with Gasteiger partial charge in [0.2, 0.25) is 5.91 Å². The SMILES string of the molecule is CCOC(=O)c1sc(NC(=O)CN(C)C2CCCCC2)c(C(=O)OCC)c1C. The van der Waals surface area contributed by atoms with Crippen LogP contribution in [0.3, 0.4) is 0 Å². The topological polar surface area (TPSA) is 84.9 Å². The summed E-state index contributed by atoms with van der Waals surface area (Å²) in [5.74, 6) is -1.27. The molecule has 1 heterocycles. The molecule has 1 aliphatic carbocycles. The molecule has 0 aromatic carbocycles. The van der Waals surface area contributed by atoms with E-state index in [1.165, 1.54) is 19.3 Å². The van der Waals surface area contributed by atoms with Gasteiger partial charge in [0.15, 0.2) is 0 Å². The number of hydrogen-bond acceptors (Lipinski definition) is 7. The van der Waals surface area contributed by atoms with E-state index in [-0.39, 0.29) is 31.2 Å². The minimum atomic E-state index is -0.553. The van der Waals surface area contributed by atoms with Crippen LogP contribution in [0.4, 0.5) is 5.00 Å². The third kappa shape index (κ3) is 5.54. The second-order valence-electron chi connectivity index (χ2n) is 6.96. The molecule has 7 nitrogen and oxygen atoms in total.